The van der Waals surface area contributed by atoms with Crippen molar-refractivity contribution < 1.29 is 4.74 Å². The smallest absolute Gasteiger partial charge is 0.100 e. The van der Waals surface area contributed by atoms with Crippen LogP contribution >= 0.6 is 0 Å². The Balaban J connectivity index is 1.43. The van der Waals surface area contributed by atoms with Crippen LogP contribution in [0.4, 0.5) is 5.69 Å². The van der Waals surface area contributed by atoms with Crippen LogP contribution in [0.5, 0.6) is 0 Å². The fourth-order valence-electron chi connectivity index (χ4n) is 5.15. The number of hydrogen-bond donors (Lipinski definition) is 1. The second kappa shape index (κ2) is 7.30. The van der Waals surface area contributed by atoms with Crippen LogP contribution in [0.3, 0.4) is 0 Å². The molecule has 5 nitrogen and oxygen atoms in total. The van der Waals surface area contributed by atoms with Gasteiger partial charge in [-0.15, -0.1) is 0 Å². The Hall–Kier alpha value is -2.66. The van der Waals surface area contributed by atoms with Gasteiger partial charge in [0.25, 0.3) is 0 Å². The van der Waals surface area contributed by atoms with Gasteiger partial charge in [-0.25, -0.2) is 0 Å². The lowest BCUT2D eigenvalue weighted by atomic mass is 9.78. The van der Waals surface area contributed by atoms with Crippen LogP contribution in [-0.2, 0) is 4.74 Å². The van der Waals surface area contributed by atoms with Crippen molar-refractivity contribution in [2.24, 2.45) is 5.41 Å². The van der Waals surface area contributed by atoms with Crippen LogP contribution in [0.1, 0.15) is 31.9 Å². The summed E-state index contributed by atoms with van der Waals surface area (Å²) in [4.78, 5) is 6.71. The Labute approximate surface area is 172 Å². The van der Waals surface area contributed by atoms with Gasteiger partial charge in [0.15, 0.2) is 0 Å². The number of aryl methyl sites for hydroxylation is 1. The van der Waals surface area contributed by atoms with Gasteiger partial charge in [-0.05, 0) is 68.4 Å². The van der Waals surface area contributed by atoms with Gasteiger partial charge >= 0.3 is 0 Å². The minimum absolute atomic E-state index is 0.437. The van der Waals surface area contributed by atoms with E-state index in [1.54, 1.807) is 0 Å². The fraction of sp³-hybridized carbons (Fsp3) is 0.417. The zero-order valence-electron chi connectivity index (χ0n) is 17.2. The van der Waals surface area contributed by atoms with Crippen LogP contribution in [-0.4, -0.2) is 41.0 Å². The predicted molar refractivity (Wildman–Crippen MR) is 116 cm³/mol. The lowest BCUT2D eigenvalue weighted by molar-refractivity contribution is 0.0242. The molecule has 29 heavy (non-hydrogen) atoms. The predicted octanol–water partition coefficient (Wildman–Crippen LogP) is 4.84. The number of nitrogens with one attached hydrogen (secondary N) is 1. The third-order valence-electron chi connectivity index (χ3n) is 6.71. The van der Waals surface area contributed by atoms with E-state index >= 15 is 0 Å². The number of rotatable bonds is 3. The quantitative estimate of drug-likeness (QED) is 0.697. The molecule has 4 heterocycles. The maximum Gasteiger partial charge on any atom is 0.100 e. The molecule has 1 aromatic carbocycles. The molecule has 0 aliphatic carbocycles. The highest BCUT2D eigenvalue weighted by Crippen LogP contribution is 2.44. The van der Waals surface area contributed by atoms with E-state index in [1.807, 2.05) is 24.5 Å². The summed E-state index contributed by atoms with van der Waals surface area (Å²) in [6, 6.07) is 13.6. The molecule has 150 valence electrons. The average molecular weight is 389 g/mol. The number of nitrogens with zero attached hydrogens (tertiary/aromatic N) is 3. The summed E-state index contributed by atoms with van der Waals surface area (Å²) in [5, 5.41) is 7.71. The lowest BCUT2D eigenvalue weighted by Crippen LogP contribution is -2.33. The molecule has 3 aromatic rings. The number of pyridine rings is 1. The van der Waals surface area contributed by atoms with Gasteiger partial charge in [-0.2, -0.15) is 5.10 Å². The number of anilines is 1. The molecular formula is C24H28N4O. The standard InChI is InChI=1S/C24H28N4O/c1-17-15-24(9-13-29-14-10-24)16-28(17)21-5-3-19(4-6-21)22-18(2)26-27-23(22)20-7-11-25-12-8-20/h3-8,11-12,17H,9-10,13-16H2,1-2H3,(H,26,27)/t17-/m1/s1. The number of hydrogen-bond acceptors (Lipinski definition) is 4. The topological polar surface area (TPSA) is 54.0 Å². The van der Waals surface area contributed by atoms with Crippen molar-refractivity contribution in [2.45, 2.75) is 39.2 Å². The second-order valence-electron chi connectivity index (χ2n) is 8.65. The van der Waals surface area contributed by atoms with E-state index in [-0.39, 0.29) is 0 Å². The van der Waals surface area contributed by atoms with Crippen molar-refractivity contribution >= 4 is 5.69 Å². The Morgan fingerprint density at radius 3 is 2.48 bits per heavy atom. The van der Waals surface area contributed by atoms with Crippen LogP contribution in [0.25, 0.3) is 22.4 Å². The van der Waals surface area contributed by atoms with E-state index < -0.39 is 0 Å². The molecule has 0 saturated carbocycles. The van der Waals surface area contributed by atoms with E-state index in [1.165, 1.54) is 30.5 Å². The summed E-state index contributed by atoms with van der Waals surface area (Å²) in [5.41, 5.74) is 7.26. The molecule has 2 aliphatic rings. The third-order valence-corrected chi connectivity index (χ3v) is 6.71. The molecule has 5 heteroatoms. The summed E-state index contributed by atoms with van der Waals surface area (Å²) in [7, 11) is 0. The molecule has 1 N–H and O–H groups in total. The van der Waals surface area contributed by atoms with Crippen molar-refractivity contribution in [3.63, 3.8) is 0 Å². The maximum absolute atomic E-state index is 5.62. The summed E-state index contributed by atoms with van der Waals surface area (Å²) in [6.07, 6.45) is 7.27. The third kappa shape index (κ3) is 3.33. The molecule has 1 spiro atoms. The van der Waals surface area contributed by atoms with E-state index in [9.17, 15) is 0 Å². The molecule has 2 fully saturated rings. The molecule has 2 saturated heterocycles. The van der Waals surface area contributed by atoms with Gasteiger partial charge in [-0.3, -0.25) is 10.1 Å². The number of benzene rings is 1. The van der Waals surface area contributed by atoms with E-state index in [2.05, 4.69) is 58.2 Å². The zero-order chi connectivity index (χ0) is 19.8. The number of aromatic amines is 1. The van der Waals surface area contributed by atoms with E-state index in [0.29, 0.717) is 11.5 Å². The minimum Gasteiger partial charge on any atom is -0.381 e. The van der Waals surface area contributed by atoms with Gasteiger partial charge in [0.05, 0.1) is 0 Å². The second-order valence-corrected chi connectivity index (χ2v) is 8.65. The Morgan fingerprint density at radius 1 is 1.03 bits per heavy atom. The van der Waals surface area contributed by atoms with Gasteiger partial charge in [0.2, 0.25) is 0 Å². The summed E-state index contributed by atoms with van der Waals surface area (Å²) < 4.78 is 5.62. The highest BCUT2D eigenvalue weighted by atomic mass is 16.5. The number of H-pyrrole nitrogens is 1. The van der Waals surface area contributed by atoms with Crippen molar-refractivity contribution in [1.82, 2.24) is 15.2 Å². The summed E-state index contributed by atoms with van der Waals surface area (Å²) in [6.45, 7) is 7.41. The molecule has 5 rings (SSSR count). The first-order chi connectivity index (χ1) is 14.2. The van der Waals surface area contributed by atoms with Gasteiger partial charge < -0.3 is 9.64 Å². The van der Waals surface area contributed by atoms with Gasteiger partial charge in [-0.1, -0.05) is 12.1 Å². The maximum atomic E-state index is 5.62. The van der Waals surface area contributed by atoms with Crippen molar-refractivity contribution in [3.05, 3.63) is 54.5 Å². The first-order valence-electron chi connectivity index (χ1n) is 10.6. The van der Waals surface area contributed by atoms with Crippen LogP contribution in [0.15, 0.2) is 48.8 Å². The van der Waals surface area contributed by atoms with Crippen molar-refractivity contribution in [1.29, 1.82) is 0 Å². The Bertz CT molecular complexity index is 974. The first kappa shape index (κ1) is 18.4. The molecule has 0 unspecified atom stereocenters. The largest absolute Gasteiger partial charge is 0.381 e. The van der Waals surface area contributed by atoms with E-state index in [4.69, 9.17) is 4.74 Å². The molecule has 0 bridgehead atoms. The van der Waals surface area contributed by atoms with Gasteiger partial charge in [0, 0.05) is 60.7 Å². The molecule has 0 amide bonds. The fourth-order valence-corrected chi connectivity index (χ4v) is 5.15. The van der Waals surface area contributed by atoms with Crippen molar-refractivity contribution in [2.75, 3.05) is 24.7 Å². The minimum atomic E-state index is 0.437. The number of aromatic nitrogens is 3. The lowest BCUT2D eigenvalue weighted by Gasteiger charge is -2.33. The molecule has 2 aliphatic heterocycles. The van der Waals surface area contributed by atoms with Crippen LogP contribution < -0.4 is 4.90 Å². The average Bonchev–Trinajstić information content (AvgIpc) is 3.29. The zero-order valence-corrected chi connectivity index (χ0v) is 17.2. The first-order valence-corrected chi connectivity index (χ1v) is 10.6. The molecule has 0 radical (unpaired) electrons. The van der Waals surface area contributed by atoms with Crippen LogP contribution in [0.2, 0.25) is 0 Å². The Kier molecular flexibility index (Phi) is 4.63. The summed E-state index contributed by atoms with van der Waals surface area (Å²) >= 11 is 0. The van der Waals surface area contributed by atoms with Crippen LogP contribution in [0, 0.1) is 12.3 Å². The highest BCUT2D eigenvalue weighted by molar-refractivity contribution is 5.83. The highest BCUT2D eigenvalue weighted by Gasteiger charge is 2.43. The van der Waals surface area contributed by atoms with Crippen molar-refractivity contribution in [3.8, 4) is 22.4 Å². The van der Waals surface area contributed by atoms with E-state index in [0.717, 1.165) is 42.3 Å². The molecular weight excluding hydrogens is 360 g/mol. The van der Waals surface area contributed by atoms with Gasteiger partial charge in [0.1, 0.15) is 5.69 Å². The normalized spacial score (nSPS) is 21.0. The Morgan fingerprint density at radius 2 is 1.76 bits per heavy atom. The molecule has 1 atom stereocenters. The monoisotopic (exact) mass is 388 g/mol. The summed E-state index contributed by atoms with van der Waals surface area (Å²) in [5.74, 6) is 0. The molecule has 2 aromatic heterocycles. The number of ether oxygens (including phenoxy) is 1. The SMILES string of the molecule is Cc1[nH]nc(-c2ccncc2)c1-c1ccc(N2CC3(CCOCC3)C[C@H]2C)cc1.